The van der Waals surface area contributed by atoms with Crippen molar-refractivity contribution in [3.05, 3.63) is 58.6 Å². The molecule has 0 atom stereocenters. The van der Waals surface area contributed by atoms with Crippen molar-refractivity contribution in [3.8, 4) is 0 Å². The SMILES string of the molecule is O=C1CCc2cc(NCc3cccc(Cl)c3)ccc2N1. The molecule has 102 valence electrons. The zero-order chi connectivity index (χ0) is 13.9. The molecule has 0 saturated heterocycles. The fourth-order valence-electron chi connectivity index (χ4n) is 2.34. The van der Waals surface area contributed by atoms with Crippen LogP contribution in [0.1, 0.15) is 17.5 Å². The second-order valence-corrected chi connectivity index (χ2v) is 5.34. The normalized spacial score (nSPS) is 13.6. The Morgan fingerprint density at radius 2 is 2.05 bits per heavy atom. The number of halogens is 1. The van der Waals surface area contributed by atoms with E-state index in [1.807, 2.05) is 36.4 Å². The Labute approximate surface area is 123 Å². The van der Waals surface area contributed by atoms with Gasteiger partial charge in [0.25, 0.3) is 0 Å². The van der Waals surface area contributed by atoms with E-state index in [2.05, 4.69) is 16.7 Å². The number of hydrogen-bond donors (Lipinski definition) is 2. The molecule has 0 fully saturated rings. The first-order valence-electron chi connectivity index (χ1n) is 6.62. The molecule has 1 aliphatic rings. The number of rotatable bonds is 3. The summed E-state index contributed by atoms with van der Waals surface area (Å²) in [5.41, 5.74) is 4.30. The maximum atomic E-state index is 11.3. The van der Waals surface area contributed by atoms with Crippen LogP contribution in [0.5, 0.6) is 0 Å². The number of nitrogens with one attached hydrogen (secondary N) is 2. The third-order valence-corrected chi connectivity index (χ3v) is 3.62. The quantitative estimate of drug-likeness (QED) is 0.900. The topological polar surface area (TPSA) is 41.1 Å². The Morgan fingerprint density at radius 1 is 1.15 bits per heavy atom. The van der Waals surface area contributed by atoms with Crippen molar-refractivity contribution in [2.24, 2.45) is 0 Å². The van der Waals surface area contributed by atoms with Crippen LogP contribution in [-0.2, 0) is 17.8 Å². The molecule has 2 N–H and O–H groups in total. The molecule has 1 amide bonds. The minimum atomic E-state index is 0.0946. The predicted octanol–water partition coefficient (Wildman–Crippen LogP) is 3.84. The van der Waals surface area contributed by atoms with Gasteiger partial charge in [-0.1, -0.05) is 23.7 Å². The third-order valence-electron chi connectivity index (χ3n) is 3.39. The molecule has 20 heavy (non-hydrogen) atoms. The first-order chi connectivity index (χ1) is 9.70. The molecule has 3 rings (SSSR count). The largest absolute Gasteiger partial charge is 0.381 e. The van der Waals surface area contributed by atoms with Crippen LogP contribution in [0.2, 0.25) is 5.02 Å². The molecule has 1 heterocycles. The maximum absolute atomic E-state index is 11.3. The Morgan fingerprint density at radius 3 is 2.90 bits per heavy atom. The van der Waals surface area contributed by atoms with Gasteiger partial charge in [0.05, 0.1) is 0 Å². The monoisotopic (exact) mass is 286 g/mol. The second kappa shape index (κ2) is 5.55. The van der Waals surface area contributed by atoms with Gasteiger partial charge in [-0.3, -0.25) is 4.79 Å². The predicted molar refractivity (Wildman–Crippen MR) is 82.2 cm³/mol. The van der Waals surface area contributed by atoms with E-state index < -0.39 is 0 Å². The lowest BCUT2D eigenvalue weighted by atomic mass is 10.0. The lowest BCUT2D eigenvalue weighted by Crippen LogP contribution is -2.18. The average molecular weight is 287 g/mol. The van der Waals surface area contributed by atoms with Crippen LogP contribution in [0, 0.1) is 0 Å². The summed E-state index contributed by atoms with van der Waals surface area (Å²) in [4.78, 5) is 11.3. The van der Waals surface area contributed by atoms with Crippen molar-refractivity contribution >= 4 is 28.9 Å². The second-order valence-electron chi connectivity index (χ2n) is 4.90. The van der Waals surface area contributed by atoms with Crippen molar-refractivity contribution < 1.29 is 4.79 Å². The van der Waals surface area contributed by atoms with E-state index in [1.54, 1.807) is 0 Å². The summed E-state index contributed by atoms with van der Waals surface area (Å²) in [6.45, 7) is 0.728. The van der Waals surface area contributed by atoms with Gasteiger partial charge in [0, 0.05) is 29.4 Å². The minimum absolute atomic E-state index is 0.0946. The molecule has 4 heteroatoms. The minimum Gasteiger partial charge on any atom is -0.381 e. The van der Waals surface area contributed by atoms with Crippen molar-refractivity contribution in [2.45, 2.75) is 19.4 Å². The molecule has 2 aromatic rings. The smallest absolute Gasteiger partial charge is 0.224 e. The van der Waals surface area contributed by atoms with Crippen LogP contribution < -0.4 is 10.6 Å². The molecular formula is C16H15ClN2O. The number of carbonyl (C=O) groups excluding carboxylic acids is 1. The van der Waals surface area contributed by atoms with Crippen molar-refractivity contribution in [1.82, 2.24) is 0 Å². The summed E-state index contributed by atoms with van der Waals surface area (Å²) in [6, 6.07) is 13.8. The van der Waals surface area contributed by atoms with Gasteiger partial charge in [-0.25, -0.2) is 0 Å². The lowest BCUT2D eigenvalue weighted by molar-refractivity contribution is -0.116. The van der Waals surface area contributed by atoms with Crippen LogP contribution >= 0.6 is 11.6 Å². The summed E-state index contributed by atoms with van der Waals surface area (Å²) < 4.78 is 0. The van der Waals surface area contributed by atoms with Crippen LogP contribution in [0.15, 0.2) is 42.5 Å². The summed E-state index contributed by atoms with van der Waals surface area (Å²) in [7, 11) is 0. The van der Waals surface area contributed by atoms with Gasteiger partial charge >= 0.3 is 0 Å². The molecule has 2 aromatic carbocycles. The number of aryl methyl sites for hydroxylation is 1. The van der Waals surface area contributed by atoms with Crippen molar-refractivity contribution in [3.63, 3.8) is 0 Å². The number of amides is 1. The Balaban J connectivity index is 1.71. The summed E-state index contributed by atoms with van der Waals surface area (Å²) in [5.74, 6) is 0.0946. The molecule has 0 spiro atoms. The summed E-state index contributed by atoms with van der Waals surface area (Å²) in [5, 5.41) is 7.01. The van der Waals surface area contributed by atoms with Crippen LogP contribution in [0.3, 0.4) is 0 Å². The van der Waals surface area contributed by atoms with Crippen LogP contribution in [0.25, 0.3) is 0 Å². The standard InChI is InChI=1S/C16H15ClN2O/c17-13-3-1-2-11(8-13)10-18-14-5-6-15-12(9-14)4-7-16(20)19-15/h1-3,5-6,8-9,18H,4,7,10H2,(H,19,20). The first-order valence-corrected chi connectivity index (χ1v) is 6.99. The van der Waals surface area contributed by atoms with Gasteiger partial charge < -0.3 is 10.6 Å². The molecule has 1 aliphatic heterocycles. The number of anilines is 2. The molecule has 0 bridgehead atoms. The molecule has 3 nitrogen and oxygen atoms in total. The Hall–Kier alpha value is -2.00. The molecule has 0 saturated carbocycles. The Bertz CT molecular complexity index is 655. The van der Waals surface area contributed by atoms with E-state index in [-0.39, 0.29) is 5.91 Å². The number of hydrogen-bond acceptors (Lipinski definition) is 2. The van der Waals surface area contributed by atoms with Crippen molar-refractivity contribution in [1.29, 1.82) is 0 Å². The number of carbonyl (C=O) groups is 1. The first kappa shape index (κ1) is 13.0. The fourth-order valence-corrected chi connectivity index (χ4v) is 2.56. The van der Waals surface area contributed by atoms with E-state index in [1.165, 1.54) is 5.56 Å². The zero-order valence-corrected chi connectivity index (χ0v) is 11.7. The molecular weight excluding hydrogens is 272 g/mol. The van der Waals surface area contributed by atoms with E-state index in [0.717, 1.165) is 34.9 Å². The van der Waals surface area contributed by atoms with E-state index in [0.29, 0.717) is 6.42 Å². The highest BCUT2D eigenvalue weighted by molar-refractivity contribution is 6.30. The zero-order valence-electron chi connectivity index (χ0n) is 10.9. The molecule has 0 unspecified atom stereocenters. The highest BCUT2D eigenvalue weighted by Crippen LogP contribution is 2.26. The molecule has 0 aliphatic carbocycles. The highest BCUT2D eigenvalue weighted by Gasteiger charge is 2.14. The van der Waals surface area contributed by atoms with Gasteiger partial charge in [0.15, 0.2) is 0 Å². The number of benzene rings is 2. The maximum Gasteiger partial charge on any atom is 0.224 e. The van der Waals surface area contributed by atoms with Crippen LogP contribution in [-0.4, -0.2) is 5.91 Å². The van der Waals surface area contributed by atoms with Gasteiger partial charge in [0.1, 0.15) is 0 Å². The van der Waals surface area contributed by atoms with Gasteiger partial charge in [0.2, 0.25) is 5.91 Å². The highest BCUT2D eigenvalue weighted by atomic mass is 35.5. The summed E-state index contributed by atoms with van der Waals surface area (Å²) in [6.07, 6.45) is 1.36. The van der Waals surface area contributed by atoms with E-state index >= 15 is 0 Å². The third kappa shape index (κ3) is 2.94. The van der Waals surface area contributed by atoms with Crippen LogP contribution in [0.4, 0.5) is 11.4 Å². The van der Waals surface area contributed by atoms with Gasteiger partial charge in [-0.15, -0.1) is 0 Å². The lowest BCUT2D eigenvalue weighted by Gasteiger charge is -2.18. The summed E-state index contributed by atoms with van der Waals surface area (Å²) >= 11 is 5.97. The molecule has 0 radical (unpaired) electrons. The van der Waals surface area contributed by atoms with Gasteiger partial charge in [-0.05, 0) is 47.9 Å². The average Bonchev–Trinajstić information content (AvgIpc) is 2.45. The fraction of sp³-hybridized carbons (Fsp3) is 0.188. The van der Waals surface area contributed by atoms with Gasteiger partial charge in [-0.2, -0.15) is 0 Å². The Kier molecular flexibility index (Phi) is 3.61. The number of fused-ring (bicyclic) bond motifs is 1. The van der Waals surface area contributed by atoms with E-state index in [4.69, 9.17) is 11.6 Å². The van der Waals surface area contributed by atoms with Crippen molar-refractivity contribution in [2.75, 3.05) is 10.6 Å². The molecule has 0 aromatic heterocycles. The van der Waals surface area contributed by atoms with E-state index in [9.17, 15) is 4.79 Å².